The molecule has 2 N–H and O–H groups in total. The van der Waals surface area contributed by atoms with E-state index in [0.717, 1.165) is 18.8 Å². The zero-order chi connectivity index (χ0) is 14.7. The fraction of sp³-hybridized carbons (Fsp3) is 0.286. The van der Waals surface area contributed by atoms with Crippen LogP contribution in [0.2, 0.25) is 0 Å². The smallest absolute Gasteiger partial charge is 0.257 e. The number of nitrogen functional groups attached to an aromatic ring is 1. The van der Waals surface area contributed by atoms with Crippen molar-refractivity contribution in [3.63, 3.8) is 0 Å². The lowest BCUT2D eigenvalue weighted by Crippen LogP contribution is -2.48. The lowest BCUT2D eigenvalue weighted by atomic mass is 10.2. The summed E-state index contributed by atoms with van der Waals surface area (Å²) >= 11 is 0. The van der Waals surface area contributed by atoms with Gasteiger partial charge in [-0.3, -0.25) is 4.79 Å². The van der Waals surface area contributed by atoms with Gasteiger partial charge in [0, 0.05) is 38.6 Å². The Morgan fingerprint density at radius 3 is 2.38 bits per heavy atom. The Labute approximate surface area is 122 Å². The zero-order valence-corrected chi connectivity index (χ0v) is 11.5. The van der Waals surface area contributed by atoms with Gasteiger partial charge in [0.15, 0.2) is 0 Å². The number of anilines is 2. The van der Waals surface area contributed by atoms with Crippen molar-refractivity contribution >= 4 is 17.4 Å². The van der Waals surface area contributed by atoms with Crippen LogP contribution in [0.15, 0.2) is 37.1 Å². The van der Waals surface area contributed by atoms with Crippen LogP contribution in [0.25, 0.3) is 0 Å². The summed E-state index contributed by atoms with van der Waals surface area (Å²) in [5, 5.41) is 0. The van der Waals surface area contributed by atoms with Crippen LogP contribution in [0.3, 0.4) is 0 Å². The second-order valence-corrected chi connectivity index (χ2v) is 4.85. The number of piperazine rings is 1. The predicted octanol–water partition coefficient (Wildman–Crippen LogP) is 0.416. The molecule has 0 aromatic carbocycles. The van der Waals surface area contributed by atoms with Gasteiger partial charge in [0.1, 0.15) is 12.1 Å². The van der Waals surface area contributed by atoms with Crippen LogP contribution in [0, 0.1) is 0 Å². The molecule has 0 spiro atoms. The first-order chi connectivity index (χ1) is 10.2. The van der Waals surface area contributed by atoms with E-state index < -0.39 is 0 Å². The maximum absolute atomic E-state index is 12.3. The molecular formula is C14H16N6O. The van der Waals surface area contributed by atoms with E-state index in [-0.39, 0.29) is 5.91 Å². The molecule has 0 atom stereocenters. The van der Waals surface area contributed by atoms with E-state index in [9.17, 15) is 4.79 Å². The third-order valence-corrected chi connectivity index (χ3v) is 3.51. The maximum Gasteiger partial charge on any atom is 0.257 e. The summed E-state index contributed by atoms with van der Waals surface area (Å²) in [6, 6.07) is 3.74. The molecule has 0 radical (unpaired) electrons. The number of amides is 1. The first kappa shape index (κ1) is 13.3. The van der Waals surface area contributed by atoms with Crippen molar-refractivity contribution in [2.45, 2.75) is 0 Å². The number of rotatable bonds is 2. The number of pyridine rings is 1. The van der Waals surface area contributed by atoms with Gasteiger partial charge < -0.3 is 15.5 Å². The zero-order valence-electron chi connectivity index (χ0n) is 11.5. The quantitative estimate of drug-likeness (QED) is 0.859. The van der Waals surface area contributed by atoms with Gasteiger partial charge >= 0.3 is 0 Å². The minimum absolute atomic E-state index is 0.0225. The van der Waals surface area contributed by atoms with Crippen molar-refractivity contribution < 1.29 is 4.79 Å². The second-order valence-electron chi connectivity index (χ2n) is 4.85. The molecule has 2 aromatic rings. The highest BCUT2D eigenvalue weighted by molar-refractivity contribution is 5.93. The van der Waals surface area contributed by atoms with E-state index in [1.807, 2.05) is 11.0 Å². The molecule has 3 heterocycles. The van der Waals surface area contributed by atoms with Crippen molar-refractivity contribution in [1.82, 2.24) is 19.9 Å². The monoisotopic (exact) mass is 284 g/mol. The van der Waals surface area contributed by atoms with Crippen LogP contribution < -0.4 is 10.6 Å². The van der Waals surface area contributed by atoms with Crippen LogP contribution in [-0.4, -0.2) is 51.9 Å². The van der Waals surface area contributed by atoms with Crippen LogP contribution >= 0.6 is 0 Å². The number of aromatic nitrogens is 3. The number of hydrogen-bond donors (Lipinski definition) is 1. The summed E-state index contributed by atoms with van der Waals surface area (Å²) in [5.74, 6) is 0.488. The van der Waals surface area contributed by atoms with Crippen LogP contribution in [-0.2, 0) is 0 Å². The molecule has 7 heteroatoms. The topological polar surface area (TPSA) is 88.2 Å². The average Bonchev–Trinajstić information content (AvgIpc) is 2.56. The summed E-state index contributed by atoms with van der Waals surface area (Å²) in [4.78, 5) is 28.2. The van der Waals surface area contributed by atoms with Gasteiger partial charge in [-0.1, -0.05) is 0 Å². The molecule has 3 rings (SSSR count). The van der Waals surface area contributed by atoms with E-state index >= 15 is 0 Å². The van der Waals surface area contributed by atoms with Crippen LogP contribution in [0.1, 0.15) is 10.4 Å². The third kappa shape index (κ3) is 2.91. The normalized spacial score (nSPS) is 15.0. The fourth-order valence-electron chi connectivity index (χ4n) is 2.34. The molecule has 1 amide bonds. The lowest BCUT2D eigenvalue weighted by Gasteiger charge is -2.35. The average molecular weight is 284 g/mol. The second kappa shape index (κ2) is 5.74. The summed E-state index contributed by atoms with van der Waals surface area (Å²) in [7, 11) is 0. The van der Waals surface area contributed by atoms with Crippen molar-refractivity contribution in [3.05, 3.63) is 42.6 Å². The Bertz CT molecular complexity index is 607. The van der Waals surface area contributed by atoms with E-state index in [4.69, 9.17) is 5.73 Å². The summed E-state index contributed by atoms with van der Waals surface area (Å²) in [6.07, 6.45) is 6.28. The van der Waals surface area contributed by atoms with Crippen molar-refractivity contribution in [1.29, 1.82) is 0 Å². The highest BCUT2D eigenvalue weighted by Crippen LogP contribution is 2.17. The SMILES string of the molecule is Nc1ccc(N2CCN(C(=O)c3cncnc3)CC2)cn1. The van der Waals surface area contributed by atoms with Crippen LogP contribution in [0.4, 0.5) is 11.5 Å². The summed E-state index contributed by atoms with van der Waals surface area (Å²) in [6.45, 7) is 2.87. The Morgan fingerprint density at radius 2 is 1.76 bits per heavy atom. The molecule has 0 bridgehead atoms. The largest absolute Gasteiger partial charge is 0.384 e. The number of nitrogens with two attached hydrogens (primary N) is 1. The number of hydrogen-bond acceptors (Lipinski definition) is 6. The molecule has 1 fully saturated rings. The Hall–Kier alpha value is -2.70. The molecule has 1 aliphatic heterocycles. The molecule has 1 aliphatic rings. The van der Waals surface area contributed by atoms with Crippen molar-refractivity contribution in [2.75, 3.05) is 36.8 Å². The van der Waals surface area contributed by atoms with Gasteiger partial charge in [-0.05, 0) is 12.1 Å². The molecule has 7 nitrogen and oxygen atoms in total. The van der Waals surface area contributed by atoms with Crippen molar-refractivity contribution in [2.24, 2.45) is 0 Å². The third-order valence-electron chi connectivity index (χ3n) is 3.51. The van der Waals surface area contributed by atoms with E-state index in [2.05, 4.69) is 19.9 Å². The molecule has 1 saturated heterocycles. The lowest BCUT2D eigenvalue weighted by molar-refractivity contribution is 0.0746. The van der Waals surface area contributed by atoms with E-state index in [1.165, 1.54) is 6.33 Å². The number of carbonyl (C=O) groups is 1. The minimum Gasteiger partial charge on any atom is -0.384 e. The summed E-state index contributed by atoms with van der Waals surface area (Å²) in [5.41, 5.74) is 7.14. The number of carbonyl (C=O) groups excluding carboxylic acids is 1. The summed E-state index contributed by atoms with van der Waals surface area (Å²) < 4.78 is 0. The molecule has 0 saturated carbocycles. The predicted molar refractivity (Wildman–Crippen MR) is 78.8 cm³/mol. The first-order valence-electron chi connectivity index (χ1n) is 6.75. The van der Waals surface area contributed by atoms with Gasteiger partial charge in [-0.2, -0.15) is 0 Å². The van der Waals surface area contributed by atoms with Gasteiger partial charge in [0.05, 0.1) is 17.4 Å². The fourth-order valence-corrected chi connectivity index (χ4v) is 2.34. The Morgan fingerprint density at radius 1 is 1.05 bits per heavy atom. The maximum atomic E-state index is 12.3. The number of nitrogens with zero attached hydrogens (tertiary/aromatic N) is 5. The van der Waals surface area contributed by atoms with Gasteiger partial charge in [0.2, 0.25) is 0 Å². The minimum atomic E-state index is -0.0225. The standard InChI is InChI=1S/C14H16N6O/c15-13-2-1-12(9-18-13)19-3-5-20(6-4-19)14(21)11-7-16-10-17-8-11/h1-2,7-10H,3-6H2,(H2,15,18). The van der Waals surface area contributed by atoms with E-state index in [1.54, 1.807) is 24.7 Å². The molecule has 21 heavy (non-hydrogen) atoms. The Kier molecular flexibility index (Phi) is 3.63. The van der Waals surface area contributed by atoms with E-state index in [0.29, 0.717) is 24.5 Å². The van der Waals surface area contributed by atoms with Gasteiger partial charge in [-0.15, -0.1) is 0 Å². The van der Waals surface area contributed by atoms with Gasteiger partial charge in [0.25, 0.3) is 5.91 Å². The van der Waals surface area contributed by atoms with Gasteiger partial charge in [-0.25, -0.2) is 15.0 Å². The van der Waals surface area contributed by atoms with Crippen LogP contribution in [0.5, 0.6) is 0 Å². The molecule has 2 aromatic heterocycles. The highest BCUT2D eigenvalue weighted by atomic mass is 16.2. The highest BCUT2D eigenvalue weighted by Gasteiger charge is 2.22. The molecule has 0 unspecified atom stereocenters. The van der Waals surface area contributed by atoms with Crippen molar-refractivity contribution in [3.8, 4) is 0 Å². The molecule has 108 valence electrons. The molecular weight excluding hydrogens is 268 g/mol. The first-order valence-corrected chi connectivity index (χ1v) is 6.75. The molecule has 0 aliphatic carbocycles. The Balaban J connectivity index is 1.63.